The van der Waals surface area contributed by atoms with E-state index in [9.17, 15) is 0 Å². The van der Waals surface area contributed by atoms with Gasteiger partial charge in [-0.05, 0) is 11.1 Å². The van der Waals surface area contributed by atoms with E-state index in [2.05, 4.69) is 34.2 Å². The number of nitrogens with one attached hydrogen (secondary N) is 1. The quantitative estimate of drug-likeness (QED) is 0.360. The van der Waals surface area contributed by atoms with Crippen LogP contribution in [0, 0.1) is 6.92 Å². The van der Waals surface area contributed by atoms with E-state index >= 15 is 0 Å². The van der Waals surface area contributed by atoms with Crippen LogP contribution in [0.15, 0.2) is 77.3 Å². The monoisotopic (exact) mass is 410 g/mol. The van der Waals surface area contributed by atoms with E-state index in [0.29, 0.717) is 17.4 Å². The predicted octanol–water partition coefficient (Wildman–Crippen LogP) is 6.48. The van der Waals surface area contributed by atoms with Crippen LogP contribution >= 0.6 is 0 Å². The first kappa shape index (κ1) is 19.0. The molecule has 154 valence electrons. The lowest BCUT2D eigenvalue weighted by Gasteiger charge is -2.12. The van der Waals surface area contributed by atoms with E-state index in [1.165, 1.54) is 0 Å². The Morgan fingerprint density at radius 1 is 0.806 bits per heavy atom. The van der Waals surface area contributed by atoms with Crippen molar-refractivity contribution in [3.63, 3.8) is 0 Å². The fourth-order valence-corrected chi connectivity index (χ4v) is 4.08. The van der Waals surface area contributed by atoms with Gasteiger partial charge in [0.2, 0.25) is 0 Å². The van der Waals surface area contributed by atoms with Crippen molar-refractivity contribution in [2.45, 2.75) is 6.92 Å². The Kier molecular flexibility index (Phi) is 4.71. The van der Waals surface area contributed by atoms with Crippen LogP contribution in [0.5, 0.6) is 11.5 Å². The van der Waals surface area contributed by atoms with Crippen LogP contribution in [0.1, 0.15) is 5.89 Å². The summed E-state index contributed by atoms with van der Waals surface area (Å²) >= 11 is 0. The fraction of sp³-hybridized carbons (Fsp3) is 0.115. The van der Waals surface area contributed by atoms with Crippen LogP contribution in [0.3, 0.4) is 0 Å². The number of hydrogen-bond donors (Lipinski definition) is 1. The third-order valence-corrected chi connectivity index (χ3v) is 5.44. The fourth-order valence-electron chi connectivity index (χ4n) is 4.08. The van der Waals surface area contributed by atoms with Gasteiger partial charge in [-0.3, -0.25) is 0 Å². The molecule has 31 heavy (non-hydrogen) atoms. The molecule has 0 fully saturated rings. The van der Waals surface area contributed by atoms with Crippen molar-refractivity contribution in [3.05, 3.63) is 78.8 Å². The van der Waals surface area contributed by atoms with Gasteiger partial charge in [-0.2, -0.15) is 0 Å². The molecule has 5 rings (SSSR count). The first-order valence-corrected chi connectivity index (χ1v) is 10.1. The van der Waals surface area contributed by atoms with E-state index < -0.39 is 0 Å². The zero-order valence-corrected chi connectivity index (χ0v) is 17.6. The number of fused-ring (bicyclic) bond motifs is 1. The molecule has 0 amide bonds. The Labute approximate surface area is 180 Å². The highest BCUT2D eigenvalue weighted by molar-refractivity contribution is 6.12. The normalized spacial score (nSPS) is 11.1. The third kappa shape index (κ3) is 3.15. The molecule has 0 saturated heterocycles. The van der Waals surface area contributed by atoms with E-state index in [0.717, 1.165) is 44.6 Å². The number of ether oxygens (including phenoxy) is 2. The van der Waals surface area contributed by atoms with E-state index in [1.54, 1.807) is 20.4 Å². The Balaban J connectivity index is 1.96. The molecule has 5 nitrogen and oxygen atoms in total. The van der Waals surface area contributed by atoms with Gasteiger partial charge in [0.05, 0.1) is 42.6 Å². The van der Waals surface area contributed by atoms with Crippen LogP contribution in [-0.2, 0) is 0 Å². The molecule has 0 atom stereocenters. The summed E-state index contributed by atoms with van der Waals surface area (Å²) in [5.74, 6) is 2.62. The molecule has 1 N–H and O–H groups in total. The van der Waals surface area contributed by atoms with Crippen molar-refractivity contribution < 1.29 is 13.9 Å². The summed E-state index contributed by atoms with van der Waals surface area (Å²) in [6.07, 6.45) is 1.73. The van der Waals surface area contributed by atoms with E-state index in [4.69, 9.17) is 13.9 Å². The van der Waals surface area contributed by atoms with Crippen LogP contribution in [0.4, 0.5) is 0 Å². The average molecular weight is 410 g/mol. The second kappa shape index (κ2) is 7.69. The van der Waals surface area contributed by atoms with Crippen molar-refractivity contribution >= 4 is 10.9 Å². The smallest absolute Gasteiger partial charge is 0.191 e. The molecule has 0 saturated carbocycles. The molecule has 2 heterocycles. The molecule has 2 aromatic heterocycles. The predicted molar refractivity (Wildman–Crippen MR) is 123 cm³/mol. The number of hydrogen-bond acceptors (Lipinski definition) is 4. The lowest BCUT2D eigenvalue weighted by molar-refractivity contribution is 0.398. The summed E-state index contributed by atoms with van der Waals surface area (Å²) in [7, 11) is 3.32. The number of nitrogens with zero attached hydrogens (tertiary/aromatic N) is 1. The maximum Gasteiger partial charge on any atom is 0.191 e. The number of H-pyrrole nitrogens is 1. The molecular weight excluding hydrogens is 388 g/mol. The maximum atomic E-state index is 5.90. The van der Waals surface area contributed by atoms with E-state index in [-0.39, 0.29) is 0 Å². The van der Waals surface area contributed by atoms with Gasteiger partial charge in [-0.1, -0.05) is 60.7 Å². The number of benzene rings is 3. The molecule has 5 aromatic rings. The van der Waals surface area contributed by atoms with Crippen LogP contribution in [0.25, 0.3) is 44.6 Å². The topological polar surface area (TPSA) is 60.3 Å². The number of aryl methyl sites for hydroxylation is 1. The molecule has 0 bridgehead atoms. The lowest BCUT2D eigenvalue weighted by Crippen LogP contribution is -1.93. The lowest BCUT2D eigenvalue weighted by atomic mass is 9.96. The third-order valence-electron chi connectivity index (χ3n) is 5.44. The van der Waals surface area contributed by atoms with Crippen molar-refractivity contribution in [1.29, 1.82) is 0 Å². The zero-order valence-electron chi connectivity index (χ0n) is 17.6. The number of rotatable bonds is 5. The SMILES string of the molecule is COc1cc(OC)c2c(-c3ccccc3)c(-c3ccccc3)[nH]c2c1-c1cnc(C)o1. The minimum atomic E-state index is 0.596. The first-order valence-electron chi connectivity index (χ1n) is 10.1. The molecule has 0 aliphatic carbocycles. The van der Waals surface area contributed by atoms with Gasteiger partial charge in [0.1, 0.15) is 11.5 Å². The van der Waals surface area contributed by atoms with Gasteiger partial charge in [0, 0.05) is 18.6 Å². The van der Waals surface area contributed by atoms with Crippen LogP contribution in [0.2, 0.25) is 0 Å². The molecule has 0 spiro atoms. The van der Waals surface area contributed by atoms with Gasteiger partial charge in [-0.25, -0.2) is 4.98 Å². The summed E-state index contributed by atoms with van der Waals surface area (Å²) in [5.41, 5.74) is 5.95. The Morgan fingerprint density at radius 2 is 1.45 bits per heavy atom. The number of aromatic nitrogens is 2. The zero-order chi connectivity index (χ0) is 21.4. The van der Waals surface area contributed by atoms with Gasteiger partial charge in [0.25, 0.3) is 0 Å². The Hall–Kier alpha value is -3.99. The molecule has 0 unspecified atom stereocenters. The van der Waals surface area contributed by atoms with Gasteiger partial charge >= 0.3 is 0 Å². The molecule has 0 radical (unpaired) electrons. The van der Waals surface area contributed by atoms with E-state index in [1.807, 2.05) is 49.4 Å². The second-order valence-electron chi connectivity index (χ2n) is 7.26. The maximum absolute atomic E-state index is 5.90. The minimum absolute atomic E-state index is 0.596. The summed E-state index contributed by atoms with van der Waals surface area (Å²) < 4.78 is 17.5. The molecular formula is C26H22N2O3. The average Bonchev–Trinajstić information content (AvgIpc) is 3.43. The van der Waals surface area contributed by atoms with Gasteiger partial charge < -0.3 is 18.9 Å². The summed E-state index contributed by atoms with van der Waals surface area (Å²) in [6.45, 7) is 1.83. The molecule has 3 aromatic carbocycles. The molecule has 5 heteroatoms. The van der Waals surface area contributed by atoms with Gasteiger partial charge in [-0.15, -0.1) is 0 Å². The van der Waals surface area contributed by atoms with Crippen molar-refractivity contribution in [2.24, 2.45) is 0 Å². The number of methoxy groups -OCH3 is 2. The highest BCUT2D eigenvalue weighted by Crippen LogP contribution is 2.49. The molecule has 0 aliphatic rings. The van der Waals surface area contributed by atoms with Crippen molar-refractivity contribution in [1.82, 2.24) is 9.97 Å². The number of oxazole rings is 1. The number of aromatic amines is 1. The standard InChI is InChI=1S/C26H22N2O3/c1-16-27-15-21(31-16)23-19(29-2)14-20(30-3)24-22(17-10-6-4-7-11-17)25(28-26(23)24)18-12-8-5-9-13-18/h4-15,28H,1-3H3. The van der Waals surface area contributed by atoms with Crippen LogP contribution in [-0.4, -0.2) is 24.2 Å². The summed E-state index contributed by atoms with van der Waals surface area (Å²) in [4.78, 5) is 7.95. The van der Waals surface area contributed by atoms with Gasteiger partial charge in [0.15, 0.2) is 11.7 Å². The highest BCUT2D eigenvalue weighted by Gasteiger charge is 2.25. The minimum Gasteiger partial charge on any atom is -0.496 e. The molecule has 0 aliphatic heterocycles. The summed E-state index contributed by atoms with van der Waals surface area (Å²) in [6, 6.07) is 22.5. The highest BCUT2D eigenvalue weighted by atomic mass is 16.5. The largest absolute Gasteiger partial charge is 0.496 e. The van der Waals surface area contributed by atoms with Crippen LogP contribution < -0.4 is 9.47 Å². The summed E-state index contributed by atoms with van der Waals surface area (Å²) in [5, 5.41) is 0.970. The Bertz CT molecular complexity index is 1350. The second-order valence-corrected chi connectivity index (χ2v) is 7.26. The Morgan fingerprint density at radius 3 is 2.03 bits per heavy atom. The van der Waals surface area contributed by atoms with Crippen molar-refractivity contribution in [2.75, 3.05) is 14.2 Å². The van der Waals surface area contributed by atoms with Crippen molar-refractivity contribution in [3.8, 4) is 45.2 Å². The first-order chi connectivity index (χ1) is 15.2.